The van der Waals surface area contributed by atoms with E-state index in [1.165, 1.54) is 12.8 Å². The van der Waals surface area contributed by atoms with E-state index in [1.807, 2.05) is 18.2 Å². The van der Waals surface area contributed by atoms with Crippen LogP contribution in [0.1, 0.15) is 38.2 Å². The Morgan fingerprint density at radius 3 is 2.61 bits per heavy atom. The van der Waals surface area contributed by atoms with Crippen molar-refractivity contribution in [3.05, 3.63) is 23.8 Å². The van der Waals surface area contributed by atoms with Crippen LogP contribution >= 0.6 is 12.2 Å². The third kappa shape index (κ3) is 4.87. The molecule has 1 aromatic rings. The first kappa shape index (κ1) is 20.7. The van der Waals surface area contributed by atoms with Crippen molar-refractivity contribution in [1.82, 2.24) is 15.5 Å². The van der Waals surface area contributed by atoms with E-state index in [4.69, 9.17) is 21.7 Å². The second-order valence-corrected chi connectivity index (χ2v) is 8.48. The first-order valence-corrected chi connectivity index (χ1v) is 10.4. The fourth-order valence-corrected chi connectivity index (χ4v) is 3.92. The summed E-state index contributed by atoms with van der Waals surface area (Å²) in [6, 6.07) is 6.30. The Bertz CT molecular complexity index is 721. The van der Waals surface area contributed by atoms with Crippen molar-refractivity contribution in [2.45, 2.75) is 38.6 Å². The third-order valence-corrected chi connectivity index (χ3v) is 5.75. The molecule has 28 heavy (non-hydrogen) atoms. The van der Waals surface area contributed by atoms with E-state index in [1.54, 1.807) is 14.2 Å². The van der Waals surface area contributed by atoms with Gasteiger partial charge in [-0.15, -0.1) is 0 Å². The number of methoxy groups -OCH3 is 2. The summed E-state index contributed by atoms with van der Waals surface area (Å²) in [7, 11) is 3.29. The van der Waals surface area contributed by atoms with Gasteiger partial charge in [-0.25, -0.2) is 0 Å². The van der Waals surface area contributed by atoms with Crippen LogP contribution in [0.25, 0.3) is 0 Å². The average Bonchev–Trinajstić information content (AvgIpc) is 3.39. The Hall–Kier alpha value is -2.02. The minimum absolute atomic E-state index is 0.00646. The van der Waals surface area contributed by atoms with Crippen LogP contribution < -0.4 is 20.1 Å². The standard InChI is InChI=1S/C21H31N3O3S/c1-13(2)10-22-20(25)18-12-24(21(28)23-14-5-6-14)11-17(18)16-8-7-15(26-3)9-19(16)27-4/h7-9,13-14,17-18H,5-6,10-12H2,1-4H3,(H,22,25)(H,23,28). The maximum Gasteiger partial charge on any atom is 0.225 e. The summed E-state index contributed by atoms with van der Waals surface area (Å²) >= 11 is 5.61. The summed E-state index contributed by atoms with van der Waals surface area (Å²) in [5.41, 5.74) is 1.02. The summed E-state index contributed by atoms with van der Waals surface area (Å²) in [6.45, 7) is 6.18. The lowest BCUT2D eigenvalue weighted by Gasteiger charge is -2.21. The Kier molecular flexibility index (Phi) is 6.65. The van der Waals surface area contributed by atoms with Crippen LogP contribution in [0.2, 0.25) is 0 Å². The highest BCUT2D eigenvalue weighted by molar-refractivity contribution is 7.80. The molecule has 1 amide bonds. The van der Waals surface area contributed by atoms with Crippen molar-refractivity contribution < 1.29 is 14.3 Å². The SMILES string of the molecule is COc1ccc(C2CN(C(=S)NC3CC3)CC2C(=O)NCC(C)C)c(OC)c1. The lowest BCUT2D eigenvalue weighted by molar-refractivity contribution is -0.125. The predicted octanol–water partition coefficient (Wildman–Crippen LogP) is 2.53. The zero-order chi connectivity index (χ0) is 20.3. The van der Waals surface area contributed by atoms with Gasteiger partial charge in [0.25, 0.3) is 0 Å². The first-order chi connectivity index (χ1) is 13.4. The molecule has 6 nitrogen and oxygen atoms in total. The number of amides is 1. The Morgan fingerprint density at radius 1 is 1.25 bits per heavy atom. The van der Waals surface area contributed by atoms with E-state index in [2.05, 4.69) is 29.4 Å². The van der Waals surface area contributed by atoms with Crippen molar-refractivity contribution in [3.8, 4) is 11.5 Å². The number of carbonyl (C=O) groups excluding carboxylic acids is 1. The van der Waals surface area contributed by atoms with Gasteiger partial charge in [-0.3, -0.25) is 4.79 Å². The van der Waals surface area contributed by atoms with Gasteiger partial charge in [-0.2, -0.15) is 0 Å². The molecule has 1 aromatic carbocycles. The minimum atomic E-state index is -0.181. The summed E-state index contributed by atoms with van der Waals surface area (Å²) in [5, 5.41) is 7.25. The summed E-state index contributed by atoms with van der Waals surface area (Å²) in [6.07, 6.45) is 2.34. The van der Waals surface area contributed by atoms with Gasteiger partial charge in [0.05, 0.1) is 20.1 Å². The molecule has 1 saturated carbocycles. The molecule has 154 valence electrons. The smallest absolute Gasteiger partial charge is 0.225 e. The van der Waals surface area contributed by atoms with E-state index in [9.17, 15) is 4.79 Å². The van der Waals surface area contributed by atoms with Crippen molar-refractivity contribution in [1.29, 1.82) is 0 Å². The first-order valence-electron chi connectivity index (χ1n) is 9.98. The molecule has 2 fully saturated rings. The van der Waals surface area contributed by atoms with Gasteiger partial charge < -0.3 is 25.0 Å². The monoisotopic (exact) mass is 405 g/mol. The summed E-state index contributed by atoms with van der Waals surface area (Å²) in [4.78, 5) is 15.1. The van der Waals surface area contributed by atoms with Gasteiger partial charge in [0.1, 0.15) is 11.5 Å². The molecule has 3 rings (SSSR count). The second-order valence-electron chi connectivity index (χ2n) is 8.09. The quantitative estimate of drug-likeness (QED) is 0.680. The molecule has 0 bridgehead atoms. The Morgan fingerprint density at radius 2 is 2.00 bits per heavy atom. The molecule has 2 aliphatic rings. The van der Waals surface area contributed by atoms with E-state index < -0.39 is 0 Å². The molecule has 1 saturated heterocycles. The molecule has 2 N–H and O–H groups in total. The average molecular weight is 406 g/mol. The van der Waals surface area contributed by atoms with Crippen LogP contribution in [0.4, 0.5) is 0 Å². The van der Waals surface area contributed by atoms with Gasteiger partial charge in [-0.1, -0.05) is 19.9 Å². The number of ether oxygens (including phenoxy) is 2. The van der Waals surface area contributed by atoms with Crippen molar-refractivity contribution in [2.24, 2.45) is 11.8 Å². The van der Waals surface area contributed by atoms with Crippen LogP contribution in [0, 0.1) is 11.8 Å². The van der Waals surface area contributed by atoms with E-state index in [-0.39, 0.29) is 17.7 Å². The zero-order valence-corrected chi connectivity index (χ0v) is 18.0. The number of carbonyl (C=O) groups is 1. The Labute approximate surface area is 173 Å². The number of nitrogens with zero attached hydrogens (tertiary/aromatic N) is 1. The molecule has 7 heteroatoms. The molecular formula is C21H31N3O3S. The van der Waals surface area contributed by atoms with E-state index >= 15 is 0 Å². The van der Waals surface area contributed by atoms with Gasteiger partial charge >= 0.3 is 0 Å². The summed E-state index contributed by atoms with van der Waals surface area (Å²) in [5.74, 6) is 1.80. The maximum absolute atomic E-state index is 13.0. The molecule has 0 radical (unpaired) electrons. The van der Waals surface area contributed by atoms with Crippen molar-refractivity contribution in [2.75, 3.05) is 33.9 Å². The van der Waals surface area contributed by atoms with Gasteiger partial charge in [0.15, 0.2) is 5.11 Å². The predicted molar refractivity (Wildman–Crippen MR) is 114 cm³/mol. The highest BCUT2D eigenvalue weighted by Gasteiger charge is 2.41. The second kappa shape index (κ2) is 8.99. The normalized spacial score (nSPS) is 21.5. The van der Waals surface area contributed by atoms with Crippen LogP contribution in [0.3, 0.4) is 0 Å². The van der Waals surface area contributed by atoms with Gasteiger partial charge in [0.2, 0.25) is 5.91 Å². The van der Waals surface area contributed by atoms with E-state index in [0.29, 0.717) is 31.6 Å². The lowest BCUT2D eigenvalue weighted by Crippen LogP contribution is -2.41. The number of hydrogen-bond acceptors (Lipinski definition) is 4. The number of rotatable bonds is 7. The van der Waals surface area contributed by atoms with E-state index in [0.717, 1.165) is 22.2 Å². The molecule has 1 aliphatic heterocycles. The minimum Gasteiger partial charge on any atom is -0.497 e. The molecular weight excluding hydrogens is 374 g/mol. The van der Waals surface area contributed by atoms with Crippen LogP contribution in [-0.4, -0.2) is 55.8 Å². The fourth-order valence-electron chi connectivity index (χ4n) is 3.60. The number of benzene rings is 1. The van der Waals surface area contributed by atoms with Gasteiger partial charge in [0, 0.05) is 43.2 Å². The van der Waals surface area contributed by atoms with Gasteiger partial charge in [-0.05, 0) is 37.0 Å². The molecule has 0 spiro atoms. The van der Waals surface area contributed by atoms with Crippen LogP contribution in [0.5, 0.6) is 11.5 Å². The third-order valence-electron chi connectivity index (χ3n) is 5.37. The summed E-state index contributed by atoms with van der Waals surface area (Å²) < 4.78 is 10.9. The number of likely N-dealkylation sites (tertiary alicyclic amines) is 1. The molecule has 1 heterocycles. The van der Waals surface area contributed by atoms with Crippen molar-refractivity contribution >= 4 is 23.2 Å². The van der Waals surface area contributed by atoms with Crippen LogP contribution in [0.15, 0.2) is 18.2 Å². The molecule has 2 unspecified atom stereocenters. The number of thiocarbonyl (C=S) groups is 1. The largest absolute Gasteiger partial charge is 0.497 e. The zero-order valence-electron chi connectivity index (χ0n) is 17.2. The Balaban J connectivity index is 1.83. The fraction of sp³-hybridized carbons (Fsp3) is 0.619. The van der Waals surface area contributed by atoms with Crippen molar-refractivity contribution in [3.63, 3.8) is 0 Å². The molecule has 2 atom stereocenters. The topological polar surface area (TPSA) is 62.8 Å². The molecule has 1 aliphatic carbocycles. The highest BCUT2D eigenvalue weighted by Crippen LogP contribution is 2.39. The van der Waals surface area contributed by atoms with Crippen LogP contribution in [-0.2, 0) is 4.79 Å². The maximum atomic E-state index is 13.0. The number of hydrogen-bond donors (Lipinski definition) is 2. The highest BCUT2D eigenvalue weighted by atomic mass is 32.1. The molecule has 0 aromatic heterocycles. The lowest BCUT2D eigenvalue weighted by atomic mass is 9.87. The number of nitrogens with one attached hydrogen (secondary N) is 2.